The number of hydrogen-bond donors (Lipinski definition) is 0. The molecular weight excluding hydrogens is 186 g/mol. The van der Waals surface area contributed by atoms with Crippen molar-refractivity contribution in [1.29, 1.82) is 0 Å². The first-order chi connectivity index (χ1) is 7.09. The van der Waals surface area contributed by atoms with Gasteiger partial charge in [0.25, 0.3) is 0 Å². The zero-order valence-electron chi connectivity index (χ0n) is 10.4. The van der Waals surface area contributed by atoms with Gasteiger partial charge < -0.3 is 0 Å². The molecule has 1 aromatic heterocycles. The summed E-state index contributed by atoms with van der Waals surface area (Å²) in [5.74, 6) is 1.45. The lowest BCUT2D eigenvalue weighted by atomic mass is 10.1. The Morgan fingerprint density at radius 2 is 1.93 bits per heavy atom. The Hall–Kier alpha value is -0.860. The van der Waals surface area contributed by atoms with E-state index in [0.29, 0.717) is 5.92 Å². The van der Waals surface area contributed by atoms with E-state index >= 15 is 0 Å². The molecule has 1 heterocycles. The standard InChI is InChI=1S/C12H23N3/c1-10(2)6-5-7-15-12(8-11(3)4)9-13-14-15/h9-11H,5-8H2,1-4H3. The van der Waals surface area contributed by atoms with E-state index in [-0.39, 0.29) is 0 Å². The molecule has 0 amide bonds. The van der Waals surface area contributed by atoms with Crippen LogP contribution in [0, 0.1) is 11.8 Å². The molecule has 3 heteroatoms. The summed E-state index contributed by atoms with van der Waals surface area (Å²) in [6.07, 6.45) is 5.44. The van der Waals surface area contributed by atoms with Crippen LogP contribution in [0.2, 0.25) is 0 Å². The summed E-state index contributed by atoms with van der Waals surface area (Å²) in [6, 6.07) is 0. The van der Waals surface area contributed by atoms with Gasteiger partial charge in [-0.1, -0.05) is 32.9 Å². The number of aromatic nitrogens is 3. The van der Waals surface area contributed by atoms with Crippen molar-refractivity contribution in [2.45, 2.75) is 53.5 Å². The maximum Gasteiger partial charge on any atom is 0.0725 e. The summed E-state index contributed by atoms with van der Waals surface area (Å²) >= 11 is 0. The predicted molar refractivity (Wildman–Crippen MR) is 62.6 cm³/mol. The quantitative estimate of drug-likeness (QED) is 0.721. The zero-order valence-corrected chi connectivity index (χ0v) is 10.4. The van der Waals surface area contributed by atoms with Gasteiger partial charge in [0.1, 0.15) is 0 Å². The van der Waals surface area contributed by atoms with Crippen molar-refractivity contribution >= 4 is 0 Å². The van der Waals surface area contributed by atoms with Gasteiger partial charge in [0.05, 0.1) is 11.9 Å². The molecule has 0 bridgehead atoms. The molecule has 0 aromatic carbocycles. The summed E-state index contributed by atoms with van der Waals surface area (Å²) < 4.78 is 2.06. The lowest BCUT2D eigenvalue weighted by Gasteiger charge is -2.08. The third kappa shape index (κ3) is 4.45. The molecule has 1 aromatic rings. The summed E-state index contributed by atoms with van der Waals surface area (Å²) in [5, 5.41) is 8.12. The van der Waals surface area contributed by atoms with Crippen LogP contribution < -0.4 is 0 Å². The lowest BCUT2D eigenvalue weighted by molar-refractivity contribution is 0.464. The van der Waals surface area contributed by atoms with Crippen molar-refractivity contribution in [2.24, 2.45) is 11.8 Å². The highest BCUT2D eigenvalue weighted by atomic mass is 15.4. The fraction of sp³-hybridized carbons (Fsp3) is 0.833. The van der Waals surface area contributed by atoms with Gasteiger partial charge in [0, 0.05) is 6.54 Å². The summed E-state index contributed by atoms with van der Waals surface area (Å²) in [5.41, 5.74) is 1.27. The minimum Gasteiger partial charge on any atom is -0.249 e. The van der Waals surface area contributed by atoms with Crippen LogP contribution in [0.1, 0.15) is 46.2 Å². The zero-order chi connectivity index (χ0) is 11.3. The van der Waals surface area contributed by atoms with E-state index in [0.717, 1.165) is 18.9 Å². The highest BCUT2D eigenvalue weighted by molar-refractivity contribution is 4.94. The number of nitrogens with zero attached hydrogens (tertiary/aromatic N) is 3. The molecule has 3 nitrogen and oxygen atoms in total. The van der Waals surface area contributed by atoms with Crippen LogP contribution >= 0.6 is 0 Å². The van der Waals surface area contributed by atoms with Crippen molar-refractivity contribution in [3.63, 3.8) is 0 Å². The Kier molecular flexibility index (Phi) is 4.79. The Labute approximate surface area is 92.9 Å². The van der Waals surface area contributed by atoms with Gasteiger partial charge >= 0.3 is 0 Å². The monoisotopic (exact) mass is 209 g/mol. The van der Waals surface area contributed by atoms with Crippen molar-refractivity contribution in [3.8, 4) is 0 Å². The van der Waals surface area contributed by atoms with Gasteiger partial charge in [0.2, 0.25) is 0 Å². The Balaban J connectivity index is 2.43. The van der Waals surface area contributed by atoms with Crippen LogP contribution in [0.25, 0.3) is 0 Å². The van der Waals surface area contributed by atoms with E-state index in [1.165, 1.54) is 18.5 Å². The lowest BCUT2D eigenvalue weighted by Crippen LogP contribution is -2.08. The second kappa shape index (κ2) is 5.89. The average molecular weight is 209 g/mol. The molecule has 0 N–H and O–H groups in total. The molecular formula is C12H23N3. The minimum atomic E-state index is 0.673. The van der Waals surface area contributed by atoms with E-state index < -0.39 is 0 Å². The van der Waals surface area contributed by atoms with Crippen LogP contribution in [0.4, 0.5) is 0 Å². The average Bonchev–Trinajstić information content (AvgIpc) is 2.51. The summed E-state index contributed by atoms with van der Waals surface area (Å²) in [7, 11) is 0. The molecule has 0 atom stereocenters. The van der Waals surface area contributed by atoms with Crippen LogP contribution in [-0.4, -0.2) is 15.0 Å². The second-order valence-electron chi connectivity index (χ2n) is 5.08. The minimum absolute atomic E-state index is 0.673. The summed E-state index contributed by atoms with van der Waals surface area (Å²) in [6.45, 7) is 9.99. The largest absolute Gasteiger partial charge is 0.249 e. The summed E-state index contributed by atoms with van der Waals surface area (Å²) in [4.78, 5) is 0. The first kappa shape index (κ1) is 12.2. The highest BCUT2D eigenvalue weighted by Gasteiger charge is 2.05. The van der Waals surface area contributed by atoms with Gasteiger partial charge in [-0.2, -0.15) is 0 Å². The van der Waals surface area contributed by atoms with Crippen LogP contribution in [0.3, 0.4) is 0 Å². The topological polar surface area (TPSA) is 30.7 Å². The van der Waals surface area contributed by atoms with E-state index in [9.17, 15) is 0 Å². The molecule has 0 spiro atoms. The molecule has 1 rings (SSSR count). The normalized spacial score (nSPS) is 11.6. The fourth-order valence-corrected chi connectivity index (χ4v) is 1.69. The predicted octanol–water partition coefficient (Wildman–Crippen LogP) is 2.91. The highest BCUT2D eigenvalue weighted by Crippen LogP contribution is 2.09. The Morgan fingerprint density at radius 3 is 2.53 bits per heavy atom. The number of aryl methyl sites for hydroxylation is 1. The van der Waals surface area contributed by atoms with Crippen LogP contribution in [-0.2, 0) is 13.0 Å². The van der Waals surface area contributed by atoms with E-state index in [2.05, 4.69) is 42.7 Å². The van der Waals surface area contributed by atoms with Crippen molar-refractivity contribution in [3.05, 3.63) is 11.9 Å². The molecule has 0 aliphatic rings. The first-order valence-electron chi connectivity index (χ1n) is 5.97. The molecule has 0 radical (unpaired) electrons. The van der Waals surface area contributed by atoms with Crippen LogP contribution in [0.5, 0.6) is 0 Å². The van der Waals surface area contributed by atoms with Gasteiger partial charge in [-0.3, -0.25) is 0 Å². The Bertz CT molecular complexity index is 276. The van der Waals surface area contributed by atoms with Gasteiger partial charge in [-0.15, -0.1) is 5.10 Å². The molecule has 0 fully saturated rings. The molecule has 0 saturated carbocycles. The third-order valence-electron chi connectivity index (χ3n) is 2.47. The molecule has 86 valence electrons. The third-order valence-corrected chi connectivity index (χ3v) is 2.47. The molecule has 15 heavy (non-hydrogen) atoms. The van der Waals surface area contributed by atoms with E-state index in [1.54, 1.807) is 0 Å². The van der Waals surface area contributed by atoms with Crippen LogP contribution in [0.15, 0.2) is 6.20 Å². The van der Waals surface area contributed by atoms with E-state index in [1.807, 2.05) is 6.20 Å². The fourth-order valence-electron chi connectivity index (χ4n) is 1.69. The van der Waals surface area contributed by atoms with Crippen molar-refractivity contribution < 1.29 is 0 Å². The Morgan fingerprint density at radius 1 is 1.20 bits per heavy atom. The van der Waals surface area contributed by atoms with Gasteiger partial charge in [0.15, 0.2) is 0 Å². The molecule has 0 unspecified atom stereocenters. The SMILES string of the molecule is CC(C)CCCn1nncc1CC(C)C. The van der Waals surface area contributed by atoms with Gasteiger partial charge in [-0.05, 0) is 31.1 Å². The number of rotatable bonds is 6. The molecule has 0 saturated heterocycles. The maximum atomic E-state index is 4.13. The van der Waals surface area contributed by atoms with Gasteiger partial charge in [-0.25, -0.2) is 4.68 Å². The second-order valence-corrected chi connectivity index (χ2v) is 5.08. The molecule has 0 aliphatic heterocycles. The van der Waals surface area contributed by atoms with Crippen molar-refractivity contribution in [1.82, 2.24) is 15.0 Å². The number of hydrogen-bond acceptors (Lipinski definition) is 2. The maximum absolute atomic E-state index is 4.13. The van der Waals surface area contributed by atoms with E-state index in [4.69, 9.17) is 0 Å². The molecule has 0 aliphatic carbocycles. The first-order valence-corrected chi connectivity index (χ1v) is 5.97. The van der Waals surface area contributed by atoms with Crippen molar-refractivity contribution in [2.75, 3.05) is 0 Å². The smallest absolute Gasteiger partial charge is 0.0725 e.